The van der Waals surface area contributed by atoms with E-state index in [1.54, 1.807) is 6.20 Å². The van der Waals surface area contributed by atoms with Gasteiger partial charge >= 0.3 is 5.97 Å². The van der Waals surface area contributed by atoms with Gasteiger partial charge in [-0.15, -0.1) is 11.3 Å². The van der Waals surface area contributed by atoms with Gasteiger partial charge in [0.15, 0.2) is 0 Å². The molecular weight excluding hydrogens is 224 g/mol. The second-order valence-corrected chi connectivity index (χ2v) is 4.84. The summed E-state index contributed by atoms with van der Waals surface area (Å²) in [6.07, 6.45) is 1.75. The SMILES string of the molecule is Cc1cnc2sc(C(=O)O)c(N(C)C)c2c1. The van der Waals surface area contributed by atoms with Gasteiger partial charge < -0.3 is 10.0 Å². The number of carboxylic acid groups (broad SMARTS) is 1. The Labute approximate surface area is 97.1 Å². The Bertz CT molecular complexity index is 560. The molecule has 0 aromatic carbocycles. The molecule has 0 radical (unpaired) electrons. The zero-order valence-corrected chi connectivity index (χ0v) is 10.1. The Hall–Kier alpha value is -1.62. The van der Waals surface area contributed by atoms with Crippen molar-refractivity contribution in [3.8, 4) is 0 Å². The van der Waals surface area contributed by atoms with E-state index >= 15 is 0 Å². The lowest BCUT2D eigenvalue weighted by Crippen LogP contribution is -2.11. The van der Waals surface area contributed by atoms with Gasteiger partial charge in [-0.25, -0.2) is 9.78 Å². The summed E-state index contributed by atoms with van der Waals surface area (Å²) in [5, 5.41) is 10.1. The number of hydrogen-bond acceptors (Lipinski definition) is 4. The van der Waals surface area contributed by atoms with Crippen molar-refractivity contribution in [3.63, 3.8) is 0 Å². The molecule has 5 heteroatoms. The van der Waals surface area contributed by atoms with E-state index in [4.69, 9.17) is 5.11 Å². The number of thiophene rings is 1. The number of hydrogen-bond donors (Lipinski definition) is 1. The Morgan fingerprint density at radius 3 is 2.75 bits per heavy atom. The molecule has 0 aliphatic heterocycles. The lowest BCUT2D eigenvalue weighted by Gasteiger charge is -2.12. The molecule has 0 spiro atoms. The summed E-state index contributed by atoms with van der Waals surface area (Å²) in [5.74, 6) is -0.899. The lowest BCUT2D eigenvalue weighted by molar-refractivity contribution is 0.0703. The van der Waals surface area contributed by atoms with Crippen LogP contribution in [0.25, 0.3) is 10.2 Å². The van der Waals surface area contributed by atoms with Crippen LogP contribution in [-0.4, -0.2) is 30.2 Å². The van der Waals surface area contributed by atoms with Gasteiger partial charge in [0, 0.05) is 25.7 Å². The summed E-state index contributed by atoms with van der Waals surface area (Å²) in [5.41, 5.74) is 1.77. The molecule has 2 aromatic rings. The molecule has 0 aliphatic carbocycles. The van der Waals surface area contributed by atoms with Gasteiger partial charge in [-0.1, -0.05) is 0 Å². The average molecular weight is 236 g/mol. The number of aromatic nitrogens is 1. The van der Waals surface area contributed by atoms with Gasteiger partial charge in [-0.05, 0) is 18.6 Å². The maximum Gasteiger partial charge on any atom is 0.348 e. The molecule has 84 valence electrons. The zero-order valence-electron chi connectivity index (χ0n) is 9.31. The van der Waals surface area contributed by atoms with E-state index in [9.17, 15) is 4.79 Å². The summed E-state index contributed by atoms with van der Waals surface area (Å²) in [4.78, 5) is 18.3. The Kier molecular flexibility index (Phi) is 2.55. The van der Waals surface area contributed by atoms with E-state index in [0.717, 1.165) is 21.5 Å². The van der Waals surface area contributed by atoms with Gasteiger partial charge in [0.1, 0.15) is 9.71 Å². The number of nitrogens with zero attached hydrogens (tertiary/aromatic N) is 2. The molecule has 2 aromatic heterocycles. The first-order valence-electron chi connectivity index (χ1n) is 4.80. The van der Waals surface area contributed by atoms with Crippen molar-refractivity contribution in [3.05, 3.63) is 22.7 Å². The number of aromatic carboxylic acids is 1. The Morgan fingerprint density at radius 1 is 1.50 bits per heavy atom. The van der Waals surface area contributed by atoms with Crippen LogP contribution >= 0.6 is 11.3 Å². The molecule has 4 nitrogen and oxygen atoms in total. The van der Waals surface area contributed by atoms with E-state index in [1.165, 1.54) is 11.3 Å². The molecule has 16 heavy (non-hydrogen) atoms. The Morgan fingerprint density at radius 2 is 2.19 bits per heavy atom. The lowest BCUT2D eigenvalue weighted by atomic mass is 10.2. The van der Waals surface area contributed by atoms with E-state index in [0.29, 0.717) is 4.88 Å². The summed E-state index contributed by atoms with van der Waals surface area (Å²) >= 11 is 1.22. The molecule has 0 unspecified atom stereocenters. The fraction of sp³-hybridized carbons (Fsp3) is 0.273. The summed E-state index contributed by atoms with van der Waals surface area (Å²) in [7, 11) is 3.69. The summed E-state index contributed by atoms with van der Waals surface area (Å²) in [6, 6.07) is 1.97. The third-order valence-electron chi connectivity index (χ3n) is 2.30. The van der Waals surface area contributed by atoms with Crippen LogP contribution in [0, 0.1) is 6.92 Å². The van der Waals surface area contributed by atoms with Crippen molar-refractivity contribution in [1.29, 1.82) is 0 Å². The van der Waals surface area contributed by atoms with Crippen LogP contribution in [0.4, 0.5) is 5.69 Å². The average Bonchev–Trinajstić information content (AvgIpc) is 2.55. The van der Waals surface area contributed by atoms with Crippen LogP contribution in [0.3, 0.4) is 0 Å². The molecule has 0 aliphatic rings. The number of pyridine rings is 1. The van der Waals surface area contributed by atoms with Crippen LogP contribution in [0.2, 0.25) is 0 Å². The first-order valence-corrected chi connectivity index (χ1v) is 5.62. The maximum atomic E-state index is 11.1. The van der Waals surface area contributed by atoms with Gasteiger partial charge in [0.05, 0.1) is 5.69 Å². The monoisotopic (exact) mass is 236 g/mol. The third-order valence-corrected chi connectivity index (χ3v) is 3.39. The molecule has 2 rings (SSSR count). The van der Waals surface area contributed by atoms with Crippen molar-refractivity contribution >= 4 is 33.2 Å². The molecule has 0 saturated carbocycles. The molecule has 0 bridgehead atoms. The van der Waals surface area contributed by atoms with E-state index in [-0.39, 0.29) is 0 Å². The molecule has 2 heterocycles. The number of aryl methyl sites for hydroxylation is 1. The molecule has 0 atom stereocenters. The van der Waals surface area contributed by atoms with Gasteiger partial charge in [-0.3, -0.25) is 0 Å². The van der Waals surface area contributed by atoms with Crippen molar-refractivity contribution in [2.24, 2.45) is 0 Å². The number of carboxylic acids is 1. The van der Waals surface area contributed by atoms with Gasteiger partial charge in [0.2, 0.25) is 0 Å². The van der Waals surface area contributed by atoms with Crippen LogP contribution < -0.4 is 4.90 Å². The number of fused-ring (bicyclic) bond motifs is 1. The summed E-state index contributed by atoms with van der Waals surface area (Å²) < 4.78 is 0. The topological polar surface area (TPSA) is 53.4 Å². The molecule has 1 N–H and O–H groups in total. The second-order valence-electron chi connectivity index (χ2n) is 3.84. The number of carbonyl (C=O) groups is 1. The normalized spacial score (nSPS) is 10.7. The second kappa shape index (κ2) is 3.75. The standard InChI is InChI=1S/C11H12N2O2S/c1-6-4-7-8(13(2)3)9(11(14)15)16-10(7)12-5-6/h4-5H,1-3H3,(H,14,15). The van der Waals surface area contributed by atoms with Crippen molar-refractivity contribution in [2.75, 3.05) is 19.0 Å². The minimum atomic E-state index is -0.899. The van der Waals surface area contributed by atoms with Crippen LogP contribution in [-0.2, 0) is 0 Å². The predicted octanol–water partition coefficient (Wildman–Crippen LogP) is 2.37. The summed E-state index contributed by atoms with van der Waals surface area (Å²) in [6.45, 7) is 1.95. The molecule has 0 amide bonds. The highest BCUT2D eigenvalue weighted by Crippen LogP contribution is 2.36. The first-order chi connectivity index (χ1) is 7.50. The quantitative estimate of drug-likeness (QED) is 0.869. The Balaban J connectivity index is 2.82. The van der Waals surface area contributed by atoms with E-state index < -0.39 is 5.97 Å². The molecule has 0 saturated heterocycles. The smallest absolute Gasteiger partial charge is 0.348 e. The van der Waals surface area contributed by atoms with Gasteiger partial charge in [-0.2, -0.15) is 0 Å². The van der Waals surface area contributed by atoms with E-state index in [2.05, 4.69) is 4.98 Å². The van der Waals surface area contributed by atoms with Crippen LogP contribution in [0.5, 0.6) is 0 Å². The zero-order chi connectivity index (χ0) is 11.9. The number of anilines is 1. The highest BCUT2D eigenvalue weighted by molar-refractivity contribution is 7.21. The maximum absolute atomic E-state index is 11.1. The predicted molar refractivity (Wildman–Crippen MR) is 65.6 cm³/mol. The molecular formula is C11H12N2O2S. The van der Waals surface area contributed by atoms with Crippen molar-refractivity contribution < 1.29 is 9.90 Å². The van der Waals surface area contributed by atoms with E-state index in [1.807, 2.05) is 32.0 Å². The fourth-order valence-corrected chi connectivity index (χ4v) is 2.70. The minimum absolute atomic E-state index is 0.345. The van der Waals surface area contributed by atoms with Crippen molar-refractivity contribution in [2.45, 2.75) is 6.92 Å². The highest BCUT2D eigenvalue weighted by atomic mass is 32.1. The first kappa shape index (κ1) is 10.9. The third kappa shape index (κ3) is 1.63. The van der Waals surface area contributed by atoms with Crippen LogP contribution in [0.1, 0.15) is 15.2 Å². The van der Waals surface area contributed by atoms with Crippen LogP contribution in [0.15, 0.2) is 12.3 Å². The molecule has 0 fully saturated rings. The van der Waals surface area contributed by atoms with Gasteiger partial charge in [0.25, 0.3) is 0 Å². The fourth-order valence-electron chi connectivity index (χ4n) is 1.66. The highest BCUT2D eigenvalue weighted by Gasteiger charge is 2.19. The van der Waals surface area contributed by atoms with Crippen molar-refractivity contribution in [1.82, 2.24) is 4.98 Å². The number of rotatable bonds is 2. The largest absolute Gasteiger partial charge is 0.477 e. The minimum Gasteiger partial charge on any atom is -0.477 e.